The van der Waals surface area contributed by atoms with E-state index in [-0.39, 0.29) is 10.0 Å². The molecule has 20 heavy (non-hydrogen) atoms. The van der Waals surface area contributed by atoms with Gasteiger partial charge in [-0.1, -0.05) is 23.8 Å². The summed E-state index contributed by atoms with van der Waals surface area (Å²) < 4.78 is 28.4. The van der Waals surface area contributed by atoms with Crippen molar-refractivity contribution in [3.05, 3.63) is 68.7 Å². The first-order valence-corrected chi connectivity index (χ1v) is 6.98. The van der Waals surface area contributed by atoms with Gasteiger partial charge in [0.1, 0.15) is 17.2 Å². The van der Waals surface area contributed by atoms with Gasteiger partial charge in [-0.3, -0.25) is 0 Å². The zero-order valence-corrected chi connectivity index (χ0v) is 13.1. The molecule has 2 aromatic carbocycles. The van der Waals surface area contributed by atoms with Gasteiger partial charge in [0.2, 0.25) is 0 Å². The van der Waals surface area contributed by atoms with E-state index in [4.69, 9.17) is 0 Å². The predicted molar refractivity (Wildman–Crippen MR) is 78.6 cm³/mol. The predicted octanol–water partition coefficient (Wildman–Crippen LogP) is 4.60. The molecule has 0 amide bonds. The molecule has 1 N–H and O–H groups in total. The summed E-state index contributed by atoms with van der Waals surface area (Å²) in [5.74, 6) is -1.55. The monoisotopic (exact) mass is 340 g/mol. The quantitative estimate of drug-likeness (QED) is 0.792. The average Bonchev–Trinajstić information content (AvgIpc) is 2.37. The van der Waals surface area contributed by atoms with Crippen LogP contribution >= 0.6 is 15.9 Å². The summed E-state index contributed by atoms with van der Waals surface area (Å²) >= 11 is 3.03. The largest absolute Gasteiger partial charge is 0.380 e. The molecule has 0 fully saturated rings. The van der Waals surface area contributed by atoms with Crippen LogP contribution in [0.15, 0.2) is 34.8 Å². The number of benzene rings is 2. The van der Waals surface area contributed by atoms with Crippen LogP contribution in [0.3, 0.4) is 0 Å². The molecule has 0 saturated carbocycles. The SMILES string of the molecule is Cc1ccc(C)c(C(C)(O)c2c(F)ccc(Br)c2F)c1. The van der Waals surface area contributed by atoms with Gasteiger partial charge in [0.15, 0.2) is 0 Å². The van der Waals surface area contributed by atoms with E-state index in [2.05, 4.69) is 15.9 Å². The molecule has 1 atom stereocenters. The molecule has 0 saturated heterocycles. The molecule has 0 aliphatic carbocycles. The number of aliphatic hydroxyl groups is 1. The first kappa shape index (κ1) is 15.1. The summed E-state index contributed by atoms with van der Waals surface area (Å²) in [6.45, 7) is 5.08. The van der Waals surface area contributed by atoms with Crippen molar-refractivity contribution in [2.45, 2.75) is 26.4 Å². The summed E-state index contributed by atoms with van der Waals surface area (Å²) in [7, 11) is 0. The van der Waals surface area contributed by atoms with E-state index in [0.717, 1.165) is 17.2 Å². The zero-order chi connectivity index (χ0) is 15.1. The summed E-state index contributed by atoms with van der Waals surface area (Å²) in [4.78, 5) is 0. The van der Waals surface area contributed by atoms with Crippen LogP contribution in [0.5, 0.6) is 0 Å². The Bertz CT molecular complexity index is 666. The van der Waals surface area contributed by atoms with Crippen LogP contribution in [-0.4, -0.2) is 5.11 Å². The normalized spacial score (nSPS) is 14.2. The number of rotatable bonds is 2. The highest BCUT2D eigenvalue weighted by atomic mass is 79.9. The van der Waals surface area contributed by atoms with Crippen molar-refractivity contribution in [3.8, 4) is 0 Å². The number of halogens is 3. The Morgan fingerprint density at radius 1 is 1.10 bits per heavy atom. The van der Waals surface area contributed by atoms with E-state index >= 15 is 0 Å². The minimum absolute atomic E-state index is 0.125. The minimum atomic E-state index is -1.74. The Morgan fingerprint density at radius 3 is 2.40 bits per heavy atom. The Labute approximate surface area is 125 Å². The van der Waals surface area contributed by atoms with Crippen LogP contribution < -0.4 is 0 Å². The highest BCUT2D eigenvalue weighted by Crippen LogP contribution is 2.37. The lowest BCUT2D eigenvalue weighted by atomic mass is 9.84. The Balaban J connectivity index is 2.73. The van der Waals surface area contributed by atoms with Gasteiger partial charge in [0.05, 0.1) is 10.0 Å². The van der Waals surface area contributed by atoms with Crippen molar-refractivity contribution in [1.82, 2.24) is 0 Å². The van der Waals surface area contributed by atoms with Crippen molar-refractivity contribution >= 4 is 15.9 Å². The minimum Gasteiger partial charge on any atom is -0.380 e. The highest BCUT2D eigenvalue weighted by molar-refractivity contribution is 9.10. The summed E-state index contributed by atoms with van der Waals surface area (Å²) in [5, 5.41) is 10.7. The van der Waals surface area contributed by atoms with Gasteiger partial charge in [0, 0.05) is 0 Å². The van der Waals surface area contributed by atoms with E-state index < -0.39 is 17.2 Å². The van der Waals surface area contributed by atoms with Gasteiger partial charge >= 0.3 is 0 Å². The van der Waals surface area contributed by atoms with Gasteiger partial charge < -0.3 is 5.11 Å². The third-order valence-electron chi connectivity index (χ3n) is 3.45. The van der Waals surface area contributed by atoms with Crippen molar-refractivity contribution in [1.29, 1.82) is 0 Å². The maximum atomic E-state index is 14.2. The van der Waals surface area contributed by atoms with Crippen molar-refractivity contribution < 1.29 is 13.9 Å². The van der Waals surface area contributed by atoms with E-state index in [1.54, 1.807) is 13.0 Å². The number of aryl methyl sites for hydroxylation is 2. The van der Waals surface area contributed by atoms with Crippen LogP contribution in [0.4, 0.5) is 8.78 Å². The molecule has 1 nitrogen and oxygen atoms in total. The highest BCUT2D eigenvalue weighted by Gasteiger charge is 2.34. The van der Waals surface area contributed by atoms with E-state index in [0.29, 0.717) is 5.56 Å². The van der Waals surface area contributed by atoms with Crippen molar-refractivity contribution in [3.63, 3.8) is 0 Å². The average molecular weight is 341 g/mol. The van der Waals surface area contributed by atoms with E-state index in [9.17, 15) is 13.9 Å². The van der Waals surface area contributed by atoms with Crippen LogP contribution in [0.25, 0.3) is 0 Å². The molecule has 106 valence electrons. The van der Waals surface area contributed by atoms with Gasteiger partial charge in [-0.15, -0.1) is 0 Å². The fraction of sp³-hybridized carbons (Fsp3) is 0.250. The molecule has 0 spiro atoms. The number of hydrogen-bond acceptors (Lipinski definition) is 1. The molecule has 0 heterocycles. The molecule has 0 radical (unpaired) electrons. The molecule has 0 aromatic heterocycles. The maximum Gasteiger partial charge on any atom is 0.146 e. The Morgan fingerprint density at radius 2 is 1.75 bits per heavy atom. The molecule has 0 bridgehead atoms. The smallest absolute Gasteiger partial charge is 0.146 e. The van der Waals surface area contributed by atoms with Crippen LogP contribution in [0.1, 0.15) is 29.2 Å². The molecule has 2 aromatic rings. The van der Waals surface area contributed by atoms with E-state index in [1.165, 1.54) is 13.0 Å². The maximum absolute atomic E-state index is 14.2. The molecule has 4 heteroatoms. The van der Waals surface area contributed by atoms with Gasteiger partial charge in [-0.25, -0.2) is 8.78 Å². The first-order valence-electron chi connectivity index (χ1n) is 6.19. The zero-order valence-electron chi connectivity index (χ0n) is 11.5. The Kier molecular flexibility index (Phi) is 3.98. The van der Waals surface area contributed by atoms with Gasteiger partial charge in [-0.05, 0) is 60.0 Å². The fourth-order valence-electron chi connectivity index (χ4n) is 2.37. The molecule has 0 aliphatic heterocycles. The van der Waals surface area contributed by atoms with Crippen molar-refractivity contribution in [2.75, 3.05) is 0 Å². The molecular weight excluding hydrogens is 326 g/mol. The fourth-order valence-corrected chi connectivity index (χ4v) is 2.70. The number of hydrogen-bond donors (Lipinski definition) is 1. The lowest BCUT2D eigenvalue weighted by Crippen LogP contribution is -2.27. The second-order valence-electron chi connectivity index (χ2n) is 5.11. The summed E-state index contributed by atoms with van der Waals surface area (Å²) in [6.07, 6.45) is 0. The Hall–Kier alpha value is -1.26. The van der Waals surface area contributed by atoms with Crippen LogP contribution in [0.2, 0.25) is 0 Å². The van der Waals surface area contributed by atoms with Crippen LogP contribution in [0, 0.1) is 25.5 Å². The standard InChI is InChI=1S/C16H15BrF2O/c1-9-4-5-10(2)11(8-9)16(3,20)14-13(18)7-6-12(17)15(14)19/h4-8,20H,1-3H3. The van der Waals surface area contributed by atoms with Gasteiger partial charge in [0.25, 0.3) is 0 Å². The lowest BCUT2D eigenvalue weighted by molar-refractivity contribution is 0.0925. The third-order valence-corrected chi connectivity index (χ3v) is 4.06. The second-order valence-corrected chi connectivity index (χ2v) is 5.96. The molecular formula is C16H15BrF2O. The van der Waals surface area contributed by atoms with Crippen molar-refractivity contribution in [2.24, 2.45) is 0 Å². The van der Waals surface area contributed by atoms with Crippen LogP contribution in [-0.2, 0) is 5.60 Å². The van der Waals surface area contributed by atoms with E-state index in [1.807, 2.05) is 19.1 Å². The molecule has 0 aliphatic rings. The lowest BCUT2D eigenvalue weighted by Gasteiger charge is -2.28. The van der Waals surface area contributed by atoms with Gasteiger partial charge in [-0.2, -0.15) is 0 Å². The topological polar surface area (TPSA) is 20.2 Å². The first-order chi connectivity index (χ1) is 9.25. The third kappa shape index (κ3) is 2.50. The molecule has 2 rings (SSSR count). The molecule has 1 unspecified atom stereocenters. The summed E-state index contributed by atoms with van der Waals surface area (Å²) in [5.41, 5.74) is 0.101. The second kappa shape index (κ2) is 5.26. The summed E-state index contributed by atoms with van der Waals surface area (Å²) in [6, 6.07) is 7.89.